The molecule has 0 aliphatic rings. The highest BCUT2D eigenvalue weighted by Crippen LogP contribution is 2.07. The highest BCUT2D eigenvalue weighted by Gasteiger charge is 2.12. The van der Waals surface area contributed by atoms with Gasteiger partial charge >= 0.3 is 0 Å². The number of nitrogens with one attached hydrogen (secondary N) is 1. The Bertz CT molecular complexity index is 343. The number of nitrogens with zero attached hydrogens (tertiary/aromatic N) is 3. The predicted molar refractivity (Wildman–Crippen MR) is 77.3 cm³/mol. The normalized spacial score (nSPS) is 11.6. The first-order chi connectivity index (χ1) is 9.04. The summed E-state index contributed by atoms with van der Waals surface area (Å²) in [5.74, 6) is 0.590. The van der Waals surface area contributed by atoms with Crippen LogP contribution < -0.4 is 10.1 Å². The van der Waals surface area contributed by atoms with Crippen molar-refractivity contribution in [2.24, 2.45) is 0 Å². The van der Waals surface area contributed by atoms with Crippen molar-refractivity contribution in [3.63, 3.8) is 0 Å². The van der Waals surface area contributed by atoms with Gasteiger partial charge in [0.05, 0.1) is 18.1 Å². The standard InChI is InChI=1S/C14H26N4O/c1-11(2)18(12(3)4)6-7-19-14-10-16-13(8-15-5)9-17-14/h9-12,15H,6-8H2,1-5H3. The van der Waals surface area contributed by atoms with Gasteiger partial charge in [-0.25, -0.2) is 4.98 Å². The van der Waals surface area contributed by atoms with Crippen molar-refractivity contribution in [3.8, 4) is 5.88 Å². The van der Waals surface area contributed by atoms with Crippen molar-refractivity contribution >= 4 is 0 Å². The molecule has 0 unspecified atom stereocenters. The van der Waals surface area contributed by atoms with Gasteiger partial charge in [0.25, 0.3) is 0 Å². The third-order valence-corrected chi connectivity index (χ3v) is 2.97. The van der Waals surface area contributed by atoms with E-state index in [-0.39, 0.29) is 0 Å². The molecule has 5 nitrogen and oxygen atoms in total. The molecule has 1 rings (SSSR count). The fraction of sp³-hybridized carbons (Fsp3) is 0.714. The van der Waals surface area contributed by atoms with E-state index >= 15 is 0 Å². The molecule has 1 aromatic rings. The molecule has 0 fully saturated rings. The highest BCUT2D eigenvalue weighted by molar-refractivity contribution is 5.07. The van der Waals surface area contributed by atoms with Gasteiger partial charge < -0.3 is 10.1 Å². The Labute approximate surface area is 116 Å². The van der Waals surface area contributed by atoms with Gasteiger partial charge in [-0.1, -0.05) is 0 Å². The van der Waals surface area contributed by atoms with Gasteiger partial charge in [0.2, 0.25) is 5.88 Å². The molecule has 0 aliphatic carbocycles. The summed E-state index contributed by atoms with van der Waals surface area (Å²) in [5, 5.41) is 3.04. The Balaban J connectivity index is 2.39. The number of rotatable bonds is 8. The van der Waals surface area contributed by atoms with Crippen LogP contribution in [0.4, 0.5) is 0 Å². The van der Waals surface area contributed by atoms with Crippen LogP contribution in [0, 0.1) is 0 Å². The summed E-state index contributed by atoms with van der Waals surface area (Å²) in [6.07, 6.45) is 3.43. The number of hydrogen-bond acceptors (Lipinski definition) is 5. The van der Waals surface area contributed by atoms with Crippen LogP contribution in [-0.4, -0.2) is 47.2 Å². The SMILES string of the molecule is CNCc1cnc(OCCN(C(C)C)C(C)C)cn1. The van der Waals surface area contributed by atoms with Gasteiger partial charge in [-0.3, -0.25) is 9.88 Å². The molecule has 0 aromatic carbocycles. The predicted octanol–water partition coefficient (Wildman–Crippen LogP) is 1.69. The van der Waals surface area contributed by atoms with E-state index in [0.29, 0.717) is 24.6 Å². The zero-order chi connectivity index (χ0) is 14.3. The maximum Gasteiger partial charge on any atom is 0.232 e. The monoisotopic (exact) mass is 266 g/mol. The van der Waals surface area contributed by atoms with Crippen LogP contribution in [0.5, 0.6) is 5.88 Å². The Morgan fingerprint density at radius 2 is 1.84 bits per heavy atom. The summed E-state index contributed by atoms with van der Waals surface area (Å²) in [6.45, 7) is 11.1. The van der Waals surface area contributed by atoms with Crippen LogP contribution >= 0.6 is 0 Å². The fourth-order valence-corrected chi connectivity index (χ4v) is 2.06. The Kier molecular flexibility index (Phi) is 6.73. The Hall–Kier alpha value is -1.20. The number of hydrogen-bond donors (Lipinski definition) is 1. The van der Waals surface area contributed by atoms with Crippen molar-refractivity contribution in [2.45, 2.75) is 46.3 Å². The molecule has 0 atom stereocenters. The van der Waals surface area contributed by atoms with Gasteiger partial charge in [-0.15, -0.1) is 0 Å². The summed E-state index contributed by atoms with van der Waals surface area (Å²) in [5.41, 5.74) is 0.917. The van der Waals surface area contributed by atoms with Gasteiger partial charge in [0.1, 0.15) is 6.61 Å². The minimum atomic E-state index is 0.521. The lowest BCUT2D eigenvalue weighted by Crippen LogP contribution is -2.39. The van der Waals surface area contributed by atoms with Crippen molar-refractivity contribution in [1.82, 2.24) is 20.2 Å². The molecule has 0 saturated heterocycles. The molecule has 0 spiro atoms. The summed E-state index contributed by atoms with van der Waals surface area (Å²) < 4.78 is 5.63. The van der Waals surface area contributed by atoms with Gasteiger partial charge in [-0.05, 0) is 34.7 Å². The van der Waals surface area contributed by atoms with Crippen molar-refractivity contribution in [3.05, 3.63) is 18.1 Å². The molecule has 108 valence electrons. The first kappa shape index (κ1) is 15.9. The molecule has 0 bridgehead atoms. The smallest absolute Gasteiger partial charge is 0.232 e. The molecule has 1 aromatic heterocycles. The van der Waals surface area contributed by atoms with E-state index < -0.39 is 0 Å². The fourth-order valence-electron chi connectivity index (χ4n) is 2.06. The van der Waals surface area contributed by atoms with Crippen molar-refractivity contribution in [1.29, 1.82) is 0 Å². The first-order valence-electron chi connectivity index (χ1n) is 6.88. The molecular weight excluding hydrogens is 240 g/mol. The van der Waals surface area contributed by atoms with Crippen LogP contribution in [0.2, 0.25) is 0 Å². The molecule has 0 amide bonds. The van der Waals surface area contributed by atoms with Crippen LogP contribution in [0.25, 0.3) is 0 Å². The lowest BCUT2D eigenvalue weighted by molar-refractivity contribution is 0.140. The highest BCUT2D eigenvalue weighted by atomic mass is 16.5. The Morgan fingerprint density at radius 3 is 2.32 bits per heavy atom. The zero-order valence-electron chi connectivity index (χ0n) is 12.7. The van der Waals surface area contributed by atoms with Gasteiger partial charge in [0, 0.05) is 25.2 Å². The second-order valence-corrected chi connectivity index (χ2v) is 5.15. The molecule has 5 heteroatoms. The number of aromatic nitrogens is 2. The average molecular weight is 266 g/mol. The maximum atomic E-state index is 5.63. The van der Waals surface area contributed by atoms with E-state index in [2.05, 4.69) is 47.9 Å². The molecule has 0 saturated carbocycles. The van der Waals surface area contributed by atoms with E-state index in [1.807, 2.05) is 7.05 Å². The summed E-state index contributed by atoms with van der Waals surface area (Å²) in [4.78, 5) is 10.9. The van der Waals surface area contributed by atoms with E-state index in [1.54, 1.807) is 12.4 Å². The van der Waals surface area contributed by atoms with E-state index in [0.717, 1.165) is 18.8 Å². The minimum absolute atomic E-state index is 0.521. The van der Waals surface area contributed by atoms with E-state index in [4.69, 9.17) is 4.74 Å². The van der Waals surface area contributed by atoms with Crippen molar-refractivity contribution < 1.29 is 4.74 Å². The van der Waals surface area contributed by atoms with Crippen LogP contribution in [-0.2, 0) is 6.54 Å². The number of ether oxygens (including phenoxy) is 1. The minimum Gasteiger partial charge on any atom is -0.475 e. The third-order valence-electron chi connectivity index (χ3n) is 2.97. The van der Waals surface area contributed by atoms with Gasteiger partial charge in [0.15, 0.2) is 0 Å². The third kappa shape index (κ3) is 5.53. The molecular formula is C14H26N4O. The molecule has 19 heavy (non-hydrogen) atoms. The largest absolute Gasteiger partial charge is 0.475 e. The summed E-state index contributed by atoms with van der Waals surface area (Å²) >= 11 is 0. The Morgan fingerprint density at radius 1 is 1.16 bits per heavy atom. The quantitative estimate of drug-likeness (QED) is 0.776. The maximum absolute atomic E-state index is 5.63. The zero-order valence-corrected chi connectivity index (χ0v) is 12.7. The van der Waals surface area contributed by atoms with E-state index in [1.165, 1.54) is 0 Å². The lowest BCUT2D eigenvalue weighted by Gasteiger charge is -2.30. The molecule has 1 N–H and O–H groups in total. The van der Waals surface area contributed by atoms with Crippen LogP contribution in [0.1, 0.15) is 33.4 Å². The van der Waals surface area contributed by atoms with Crippen molar-refractivity contribution in [2.75, 3.05) is 20.2 Å². The topological polar surface area (TPSA) is 50.3 Å². The molecule has 0 radical (unpaired) electrons. The van der Waals surface area contributed by atoms with Crippen LogP contribution in [0.15, 0.2) is 12.4 Å². The second kappa shape index (κ2) is 8.07. The van der Waals surface area contributed by atoms with Gasteiger partial charge in [-0.2, -0.15) is 0 Å². The second-order valence-electron chi connectivity index (χ2n) is 5.15. The molecule has 0 aliphatic heterocycles. The first-order valence-corrected chi connectivity index (χ1v) is 6.88. The lowest BCUT2D eigenvalue weighted by atomic mass is 10.2. The summed E-state index contributed by atoms with van der Waals surface area (Å²) in [6, 6.07) is 1.04. The average Bonchev–Trinajstić information content (AvgIpc) is 2.36. The van der Waals surface area contributed by atoms with E-state index in [9.17, 15) is 0 Å². The summed E-state index contributed by atoms with van der Waals surface area (Å²) in [7, 11) is 1.89. The van der Waals surface area contributed by atoms with Crippen LogP contribution in [0.3, 0.4) is 0 Å². The molecule has 1 heterocycles.